The summed E-state index contributed by atoms with van der Waals surface area (Å²) in [5.74, 6) is 0.703. The molecule has 2 heterocycles. The Labute approximate surface area is 147 Å². The summed E-state index contributed by atoms with van der Waals surface area (Å²) in [4.78, 5) is 19.2. The lowest BCUT2D eigenvalue weighted by atomic mass is 9.99. The molecule has 0 atom stereocenters. The van der Waals surface area contributed by atoms with Crippen molar-refractivity contribution >= 4 is 11.9 Å². The standard InChI is InChI=1S/C20H22N2O3/c1-4-22(5-2)12-15-16(23)10-13(3)18-19(24)17(25-20(15)18)11-14-8-6-7-9-21-14/h6-11,23H,4-5,12H2,1-3H3/b17-11-. The summed E-state index contributed by atoms with van der Waals surface area (Å²) in [7, 11) is 0. The molecule has 1 aliphatic heterocycles. The number of aryl methyl sites for hydroxylation is 1. The van der Waals surface area contributed by atoms with E-state index >= 15 is 0 Å². The molecule has 0 fully saturated rings. The van der Waals surface area contributed by atoms with Gasteiger partial charge >= 0.3 is 0 Å². The molecule has 0 radical (unpaired) electrons. The van der Waals surface area contributed by atoms with Crippen molar-refractivity contribution in [1.82, 2.24) is 9.88 Å². The predicted molar refractivity (Wildman–Crippen MR) is 96.6 cm³/mol. The molecule has 2 aromatic rings. The van der Waals surface area contributed by atoms with Gasteiger partial charge in [0, 0.05) is 18.8 Å². The maximum absolute atomic E-state index is 12.8. The summed E-state index contributed by atoms with van der Waals surface area (Å²) in [5.41, 5.74) is 2.56. The minimum absolute atomic E-state index is 0.162. The summed E-state index contributed by atoms with van der Waals surface area (Å²) in [6, 6.07) is 7.13. The van der Waals surface area contributed by atoms with Crippen LogP contribution in [0.2, 0.25) is 0 Å². The molecule has 0 aliphatic carbocycles. The molecule has 0 bridgehead atoms. The third-order valence-corrected chi connectivity index (χ3v) is 4.46. The summed E-state index contributed by atoms with van der Waals surface area (Å²) in [6.07, 6.45) is 3.31. The molecule has 5 nitrogen and oxygen atoms in total. The molecular formula is C20H22N2O3. The Morgan fingerprint density at radius 1 is 1.28 bits per heavy atom. The molecule has 0 saturated carbocycles. The van der Waals surface area contributed by atoms with Gasteiger partial charge in [-0.15, -0.1) is 0 Å². The number of Topliss-reactive ketones (excluding diaryl/α,β-unsaturated/α-hetero) is 1. The van der Waals surface area contributed by atoms with Crippen molar-refractivity contribution in [1.29, 1.82) is 0 Å². The van der Waals surface area contributed by atoms with Gasteiger partial charge in [-0.05, 0) is 43.8 Å². The van der Waals surface area contributed by atoms with Crippen molar-refractivity contribution in [3.05, 3.63) is 58.6 Å². The van der Waals surface area contributed by atoms with E-state index in [1.807, 2.05) is 25.1 Å². The Morgan fingerprint density at radius 2 is 2.04 bits per heavy atom. The second-order valence-electron chi connectivity index (χ2n) is 6.05. The van der Waals surface area contributed by atoms with Gasteiger partial charge in [0.2, 0.25) is 5.78 Å². The topological polar surface area (TPSA) is 62.7 Å². The number of benzene rings is 1. The SMILES string of the molecule is CCN(CC)Cc1c(O)cc(C)c2c1O/C(=C\c1ccccn1)C2=O. The zero-order valence-electron chi connectivity index (χ0n) is 14.7. The third-order valence-electron chi connectivity index (χ3n) is 4.46. The fraction of sp³-hybridized carbons (Fsp3) is 0.300. The minimum Gasteiger partial charge on any atom is -0.507 e. The number of rotatable bonds is 5. The molecule has 130 valence electrons. The lowest BCUT2D eigenvalue weighted by Crippen LogP contribution is -2.22. The predicted octanol–water partition coefficient (Wildman–Crippen LogP) is 3.55. The number of pyridine rings is 1. The normalized spacial score (nSPS) is 14.9. The van der Waals surface area contributed by atoms with E-state index in [4.69, 9.17) is 4.74 Å². The molecule has 3 rings (SSSR count). The number of ketones is 1. The van der Waals surface area contributed by atoms with Crippen LogP contribution < -0.4 is 4.74 Å². The molecule has 0 amide bonds. The molecule has 1 aromatic heterocycles. The van der Waals surface area contributed by atoms with Crippen LogP contribution in [-0.4, -0.2) is 33.9 Å². The third kappa shape index (κ3) is 3.28. The molecule has 0 saturated heterocycles. The van der Waals surface area contributed by atoms with Crippen LogP contribution in [0.25, 0.3) is 6.08 Å². The lowest BCUT2D eigenvalue weighted by Gasteiger charge is -2.20. The van der Waals surface area contributed by atoms with Crippen LogP contribution in [0, 0.1) is 6.92 Å². The lowest BCUT2D eigenvalue weighted by molar-refractivity contribution is 0.101. The van der Waals surface area contributed by atoms with Crippen LogP contribution in [0.1, 0.15) is 41.0 Å². The van der Waals surface area contributed by atoms with Crippen LogP contribution in [0.4, 0.5) is 0 Å². The number of allylic oxidation sites excluding steroid dienone is 1. The van der Waals surface area contributed by atoms with Gasteiger partial charge in [-0.3, -0.25) is 14.7 Å². The van der Waals surface area contributed by atoms with E-state index in [2.05, 4.69) is 23.7 Å². The molecular weight excluding hydrogens is 316 g/mol. The minimum atomic E-state index is -0.168. The highest BCUT2D eigenvalue weighted by Gasteiger charge is 2.33. The maximum Gasteiger partial charge on any atom is 0.232 e. The van der Waals surface area contributed by atoms with Crippen molar-refractivity contribution in [3.63, 3.8) is 0 Å². The van der Waals surface area contributed by atoms with Crippen LogP contribution in [0.15, 0.2) is 36.2 Å². The van der Waals surface area contributed by atoms with Crippen LogP contribution >= 0.6 is 0 Å². The van der Waals surface area contributed by atoms with Crippen molar-refractivity contribution < 1.29 is 14.6 Å². The Hall–Kier alpha value is -2.66. The highest BCUT2D eigenvalue weighted by atomic mass is 16.5. The number of ether oxygens (including phenoxy) is 1. The number of carbonyl (C=O) groups is 1. The number of fused-ring (bicyclic) bond motifs is 1. The first kappa shape index (κ1) is 17.2. The zero-order chi connectivity index (χ0) is 18.0. The molecule has 1 aliphatic rings. The van der Waals surface area contributed by atoms with Crippen molar-refractivity contribution in [3.8, 4) is 11.5 Å². The second kappa shape index (κ2) is 7.07. The monoisotopic (exact) mass is 338 g/mol. The number of hydrogen-bond acceptors (Lipinski definition) is 5. The van der Waals surface area contributed by atoms with E-state index in [1.165, 1.54) is 0 Å². The van der Waals surface area contributed by atoms with E-state index in [0.29, 0.717) is 34.7 Å². The number of phenols is 1. The molecule has 5 heteroatoms. The fourth-order valence-electron chi connectivity index (χ4n) is 3.00. The average molecular weight is 338 g/mol. The van der Waals surface area contributed by atoms with E-state index in [9.17, 15) is 9.90 Å². The number of aromatic nitrogens is 1. The fourth-order valence-corrected chi connectivity index (χ4v) is 3.00. The number of nitrogens with zero attached hydrogens (tertiary/aromatic N) is 2. The highest BCUT2D eigenvalue weighted by molar-refractivity contribution is 6.15. The molecule has 0 unspecified atom stereocenters. The first-order valence-corrected chi connectivity index (χ1v) is 8.48. The van der Waals surface area contributed by atoms with Gasteiger partial charge in [0.1, 0.15) is 11.5 Å². The number of aromatic hydroxyl groups is 1. The Bertz CT molecular complexity index is 825. The molecule has 1 N–H and O–H groups in total. The smallest absolute Gasteiger partial charge is 0.232 e. The van der Waals surface area contributed by atoms with Gasteiger partial charge in [-0.25, -0.2) is 0 Å². The van der Waals surface area contributed by atoms with Crippen LogP contribution in [0.3, 0.4) is 0 Å². The quantitative estimate of drug-likeness (QED) is 0.845. The molecule has 25 heavy (non-hydrogen) atoms. The van der Waals surface area contributed by atoms with Gasteiger partial charge in [0.05, 0.1) is 16.8 Å². The van der Waals surface area contributed by atoms with Crippen molar-refractivity contribution in [2.75, 3.05) is 13.1 Å². The number of phenolic OH excluding ortho intramolecular Hbond substituents is 1. The summed E-state index contributed by atoms with van der Waals surface area (Å²) >= 11 is 0. The van der Waals surface area contributed by atoms with E-state index in [-0.39, 0.29) is 17.3 Å². The Balaban J connectivity index is 2.04. The highest BCUT2D eigenvalue weighted by Crippen LogP contribution is 2.42. The Kier molecular flexibility index (Phi) is 4.86. The number of carbonyl (C=O) groups excluding carboxylic acids is 1. The van der Waals surface area contributed by atoms with E-state index in [0.717, 1.165) is 13.1 Å². The summed E-state index contributed by atoms with van der Waals surface area (Å²) in [6.45, 7) is 8.17. The van der Waals surface area contributed by atoms with E-state index < -0.39 is 0 Å². The zero-order valence-corrected chi connectivity index (χ0v) is 14.7. The van der Waals surface area contributed by atoms with Gasteiger partial charge in [0.15, 0.2) is 5.76 Å². The van der Waals surface area contributed by atoms with Crippen molar-refractivity contribution in [2.24, 2.45) is 0 Å². The summed E-state index contributed by atoms with van der Waals surface area (Å²) in [5, 5.41) is 10.4. The van der Waals surface area contributed by atoms with Gasteiger partial charge in [-0.1, -0.05) is 19.9 Å². The van der Waals surface area contributed by atoms with Crippen LogP contribution in [-0.2, 0) is 6.54 Å². The first-order chi connectivity index (χ1) is 12.0. The number of hydrogen-bond donors (Lipinski definition) is 1. The van der Waals surface area contributed by atoms with Gasteiger partial charge in [0.25, 0.3) is 0 Å². The summed E-state index contributed by atoms with van der Waals surface area (Å²) < 4.78 is 5.89. The largest absolute Gasteiger partial charge is 0.507 e. The van der Waals surface area contributed by atoms with Gasteiger partial charge < -0.3 is 9.84 Å². The average Bonchev–Trinajstić information content (AvgIpc) is 2.93. The van der Waals surface area contributed by atoms with Gasteiger partial charge in [-0.2, -0.15) is 0 Å². The maximum atomic E-state index is 12.8. The molecule has 1 aromatic carbocycles. The second-order valence-corrected chi connectivity index (χ2v) is 6.05. The first-order valence-electron chi connectivity index (χ1n) is 8.48. The Morgan fingerprint density at radius 3 is 2.68 bits per heavy atom. The van der Waals surface area contributed by atoms with Crippen molar-refractivity contribution in [2.45, 2.75) is 27.3 Å². The van der Waals surface area contributed by atoms with Crippen LogP contribution in [0.5, 0.6) is 11.5 Å². The van der Waals surface area contributed by atoms with E-state index in [1.54, 1.807) is 18.3 Å². The molecule has 0 spiro atoms.